The van der Waals surface area contributed by atoms with Gasteiger partial charge in [-0.3, -0.25) is 19.2 Å². The molecule has 0 radical (unpaired) electrons. The highest BCUT2D eigenvalue weighted by Gasteiger charge is 2.30. The molecule has 0 spiro atoms. The lowest BCUT2D eigenvalue weighted by molar-refractivity contribution is -0.145. The maximum atomic E-state index is 12.8. The van der Waals surface area contributed by atoms with Crippen molar-refractivity contribution >= 4 is 17.8 Å². The SMILES string of the molecule is CCc1n[nH]c(=O)c(C(=O)N(C)CC(=O)N2CCCC(C(=O)O)C2)c1CC. The molecule has 0 saturated carbocycles. The molecule has 1 atom stereocenters. The van der Waals surface area contributed by atoms with Crippen molar-refractivity contribution in [1.29, 1.82) is 0 Å². The molecule has 1 fully saturated rings. The number of likely N-dealkylation sites (N-methyl/N-ethyl adjacent to an activating group) is 1. The van der Waals surface area contributed by atoms with E-state index in [0.29, 0.717) is 43.5 Å². The van der Waals surface area contributed by atoms with Crippen LogP contribution in [0.1, 0.15) is 48.3 Å². The Morgan fingerprint density at radius 1 is 1.30 bits per heavy atom. The fraction of sp³-hybridized carbons (Fsp3) is 0.611. The number of carboxylic acid groups (broad SMARTS) is 1. The van der Waals surface area contributed by atoms with Crippen molar-refractivity contribution in [2.75, 3.05) is 26.7 Å². The molecule has 148 valence electrons. The number of hydrogen-bond acceptors (Lipinski definition) is 5. The summed E-state index contributed by atoms with van der Waals surface area (Å²) in [5, 5.41) is 15.5. The van der Waals surface area contributed by atoms with Gasteiger partial charge in [-0.1, -0.05) is 13.8 Å². The molecule has 1 aromatic rings. The van der Waals surface area contributed by atoms with Crippen LogP contribution in [-0.2, 0) is 22.4 Å². The first-order chi connectivity index (χ1) is 12.8. The number of carbonyl (C=O) groups excluding carboxylic acids is 2. The summed E-state index contributed by atoms with van der Waals surface area (Å²) < 4.78 is 0. The van der Waals surface area contributed by atoms with Crippen LogP contribution in [0.3, 0.4) is 0 Å². The molecule has 27 heavy (non-hydrogen) atoms. The number of amides is 2. The van der Waals surface area contributed by atoms with E-state index < -0.39 is 23.4 Å². The maximum absolute atomic E-state index is 12.8. The number of aromatic amines is 1. The van der Waals surface area contributed by atoms with Crippen LogP contribution in [0.5, 0.6) is 0 Å². The molecule has 0 bridgehead atoms. The van der Waals surface area contributed by atoms with Crippen LogP contribution in [0.4, 0.5) is 0 Å². The van der Waals surface area contributed by atoms with Gasteiger partial charge in [0.1, 0.15) is 5.56 Å². The van der Waals surface area contributed by atoms with E-state index in [4.69, 9.17) is 5.11 Å². The molecule has 2 heterocycles. The van der Waals surface area contributed by atoms with Gasteiger partial charge in [0.15, 0.2) is 0 Å². The molecular formula is C18H26N4O5. The topological polar surface area (TPSA) is 124 Å². The smallest absolute Gasteiger partial charge is 0.308 e. The number of nitrogens with one attached hydrogen (secondary N) is 1. The Bertz CT molecular complexity index is 788. The number of carbonyl (C=O) groups is 3. The summed E-state index contributed by atoms with van der Waals surface area (Å²) in [6, 6.07) is 0. The van der Waals surface area contributed by atoms with Gasteiger partial charge < -0.3 is 14.9 Å². The Kier molecular flexibility index (Phi) is 6.70. The third kappa shape index (κ3) is 4.53. The van der Waals surface area contributed by atoms with E-state index in [1.165, 1.54) is 16.8 Å². The normalized spacial score (nSPS) is 16.9. The van der Waals surface area contributed by atoms with Crippen LogP contribution in [0.2, 0.25) is 0 Å². The second-order valence-corrected chi connectivity index (χ2v) is 6.74. The second kappa shape index (κ2) is 8.79. The molecule has 0 aromatic carbocycles. The first-order valence-corrected chi connectivity index (χ1v) is 9.16. The Morgan fingerprint density at radius 3 is 2.59 bits per heavy atom. The number of aryl methyl sites for hydroxylation is 1. The van der Waals surface area contributed by atoms with Crippen LogP contribution in [-0.4, -0.2) is 69.6 Å². The van der Waals surface area contributed by atoms with Crippen molar-refractivity contribution in [1.82, 2.24) is 20.0 Å². The third-order valence-electron chi connectivity index (χ3n) is 4.91. The van der Waals surface area contributed by atoms with Gasteiger partial charge in [-0.15, -0.1) is 0 Å². The van der Waals surface area contributed by atoms with Gasteiger partial charge in [0.25, 0.3) is 11.5 Å². The van der Waals surface area contributed by atoms with Gasteiger partial charge in [-0.25, -0.2) is 5.10 Å². The largest absolute Gasteiger partial charge is 0.481 e. The fourth-order valence-corrected chi connectivity index (χ4v) is 3.39. The Hall–Kier alpha value is -2.71. The third-order valence-corrected chi connectivity index (χ3v) is 4.91. The number of piperidine rings is 1. The highest BCUT2D eigenvalue weighted by molar-refractivity contribution is 5.97. The molecule has 2 rings (SSSR count). The summed E-state index contributed by atoms with van der Waals surface area (Å²) in [5.41, 5.74) is 0.689. The predicted molar refractivity (Wildman–Crippen MR) is 97.5 cm³/mol. The number of rotatable bonds is 6. The number of H-pyrrole nitrogens is 1. The van der Waals surface area contributed by atoms with Gasteiger partial charge >= 0.3 is 5.97 Å². The summed E-state index contributed by atoms with van der Waals surface area (Å²) in [6.07, 6.45) is 2.22. The Balaban J connectivity index is 2.15. The van der Waals surface area contributed by atoms with Gasteiger partial charge in [-0.2, -0.15) is 5.10 Å². The van der Waals surface area contributed by atoms with Crippen molar-refractivity contribution in [3.8, 4) is 0 Å². The number of carboxylic acids is 1. The van der Waals surface area contributed by atoms with Crippen LogP contribution < -0.4 is 5.56 Å². The van der Waals surface area contributed by atoms with E-state index in [-0.39, 0.29) is 24.6 Å². The van der Waals surface area contributed by atoms with Crippen molar-refractivity contribution in [2.45, 2.75) is 39.5 Å². The van der Waals surface area contributed by atoms with Crippen molar-refractivity contribution in [3.05, 3.63) is 27.2 Å². The van der Waals surface area contributed by atoms with Gasteiger partial charge in [0, 0.05) is 20.1 Å². The fourth-order valence-electron chi connectivity index (χ4n) is 3.39. The number of hydrogen-bond donors (Lipinski definition) is 2. The second-order valence-electron chi connectivity index (χ2n) is 6.74. The molecule has 1 aromatic heterocycles. The zero-order valence-electron chi connectivity index (χ0n) is 15.9. The summed E-state index contributed by atoms with van der Waals surface area (Å²) in [4.78, 5) is 51.4. The number of likely N-dealkylation sites (tertiary alicyclic amines) is 1. The Labute approximate surface area is 157 Å². The lowest BCUT2D eigenvalue weighted by Gasteiger charge is -2.32. The minimum Gasteiger partial charge on any atom is -0.481 e. The molecule has 9 nitrogen and oxygen atoms in total. The minimum atomic E-state index is -0.917. The van der Waals surface area contributed by atoms with E-state index in [0.717, 1.165) is 0 Å². The first kappa shape index (κ1) is 20.6. The predicted octanol–water partition coefficient (Wildman–Crippen LogP) is 0.290. The summed E-state index contributed by atoms with van der Waals surface area (Å²) in [7, 11) is 1.46. The molecule has 0 aliphatic carbocycles. The van der Waals surface area contributed by atoms with Crippen LogP contribution in [0, 0.1) is 5.92 Å². The average molecular weight is 378 g/mol. The van der Waals surface area contributed by atoms with Crippen molar-refractivity contribution in [2.24, 2.45) is 5.92 Å². The van der Waals surface area contributed by atoms with E-state index in [1.54, 1.807) is 0 Å². The number of aromatic nitrogens is 2. The summed E-state index contributed by atoms with van der Waals surface area (Å²) in [6.45, 7) is 4.14. The minimum absolute atomic E-state index is 0.0155. The van der Waals surface area contributed by atoms with Gasteiger partial charge in [-0.05, 0) is 31.2 Å². The quantitative estimate of drug-likeness (QED) is 0.733. The highest BCUT2D eigenvalue weighted by atomic mass is 16.4. The first-order valence-electron chi connectivity index (χ1n) is 9.16. The van der Waals surface area contributed by atoms with Crippen molar-refractivity contribution < 1.29 is 19.5 Å². The molecule has 2 N–H and O–H groups in total. The maximum Gasteiger partial charge on any atom is 0.308 e. The van der Waals surface area contributed by atoms with Gasteiger partial charge in [0.2, 0.25) is 5.91 Å². The van der Waals surface area contributed by atoms with E-state index in [9.17, 15) is 19.2 Å². The average Bonchev–Trinajstić information content (AvgIpc) is 2.66. The van der Waals surface area contributed by atoms with E-state index >= 15 is 0 Å². The lowest BCUT2D eigenvalue weighted by Crippen LogP contribution is -2.47. The van der Waals surface area contributed by atoms with E-state index in [2.05, 4.69) is 10.2 Å². The van der Waals surface area contributed by atoms with Crippen molar-refractivity contribution in [3.63, 3.8) is 0 Å². The van der Waals surface area contributed by atoms with E-state index in [1.807, 2.05) is 13.8 Å². The molecule has 2 amide bonds. The van der Waals surface area contributed by atoms with Crippen LogP contribution >= 0.6 is 0 Å². The molecule has 1 aliphatic heterocycles. The monoisotopic (exact) mass is 378 g/mol. The van der Waals surface area contributed by atoms with Crippen LogP contribution in [0.15, 0.2) is 4.79 Å². The molecular weight excluding hydrogens is 352 g/mol. The van der Waals surface area contributed by atoms with Gasteiger partial charge in [0.05, 0.1) is 18.2 Å². The summed E-state index contributed by atoms with van der Waals surface area (Å²) >= 11 is 0. The zero-order chi connectivity index (χ0) is 20.1. The summed E-state index contributed by atoms with van der Waals surface area (Å²) in [5.74, 6) is -2.35. The molecule has 1 aliphatic rings. The molecule has 1 unspecified atom stereocenters. The highest BCUT2D eigenvalue weighted by Crippen LogP contribution is 2.17. The number of aliphatic carboxylic acids is 1. The molecule has 1 saturated heterocycles. The Morgan fingerprint density at radius 2 is 2.00 bits per heavy atom. The standard InChI is InChI=1S/C18H26N4O5/c1-4-12-13(5-2)19-20-16(24)15(12)17(25)21(3)10-14(23)22-8-6-7-11(9-22)18(26)27/h11H,4-10H2,1-3H3,(H,20,24)(H,26,27). The zero-order valence-corrected chi connectivity index (χ0v) is 15.9. The number of nitrogens with zero attached hydrogens (tertiary/aromatic N) is 3. The van der Waals surface area contributed by atoms with Crippen LogP contribution in [0.25, 0.3) is 0 Å². The lowest BCUT2D eigenvalue weighted by atomic mass is 9.98. The molecule has 9 heteroatoms.